The number of hydrogen-bond acceptors (Lipinski definition) is 2. The van der Waals surface area contributed by atoms with Crippen molar-refractivity contribution < 1.29 is 0 Å². The van der Waals surface area contributed by atoms with Crippen LogP contribution in [0.2, 0.25) is 5.15 Å². The molecule has 0 spiro atoms. The summed E-state index contributed by atoms with van der Waals surface area (Å²) in [5, 5.41) is 9.49. The minimum Gasteiger partial charge on any atom is -0.244 e. The Balaban J connectivity index is 2.79. The van der Waals surface area contributed by atoms with Crippen LogP contribution in [0.1, 0.15) is 25.8 Å². The lowest BCUT2D eigenvalue weighted by molar-refractivity contribution is 0.422. The van der Waals surface area contributed by atoms with Crippen LogP contribution in [0.15, 0.2) is 18.3 Å². The highest BCUT2D eigenvalue weighted by molar-refractivity contribution is 6.29. The molecule has 0 amide bonds. The molecule has 74 valence electrons. The van der Waals surface area contributed by atoms with Gasteiger partial charge < -0.3 is 0 Å². The van der Waals surface area contributed by atoms with Crippen molar-refractivity contribution in [1.29, 1.82) is 5.26 Å². The van der Waals surface area contributed by atoms with E-state index in [0.29, 0.717) is 5.15 Å². The Morgan fingerprint density at radius 2 is 2.29 bits per heavy atom. The second kappa shape index (κ2) is 4.43. The predicted octanol–water partition coefficient (Wildman–Crippen LogP) is 3.22. The maximum Gasteiger partial charge on any atom is 0.129 e. The Bertz CT molecular complexity index is 339. The number of aromatic nitrogens is 1. The van der Waals surface area contributed by atoms with Crippen molar-refractivity contribution in [2.45, 2.75) is 26.7 Å². The molecule has 0 saturated heterocycles. The van der Waals surface area contributed by atoms with Crippen molar-refractivity contribution in [3.63, 3.8) is 0 Å². The molecule has 1 heterocycles. The maximum absolute atomic E-state index is 9.00. The van der Waals surface area contributed by atoms with E-state index in [0.717, 1.165) is 18.4 Å². The van der Waals surface area contributed by atoms with Gasteiger partial charge in [0.1, 0.15) is 5.15 Å². The smallest absolute Gasteiger partial charge is 0.129 e. The summed E-state index contributed by atoms with van der Waals surface area (Å²) >= 11 is 5.67. The highest BCUT2D eigenvalue weighted by Gasteiger charge is 2.21. The Morgan fingerprint density at radius 1 is 1.57 bits per heavy atom. The third-order valence-corrected chi connectivity index (χ3v) is 2.66. The molecule has 14 heavy (non-hydrogen) atoms. The Hall–Kier alpha value is -1.07. The van der Waals surface area contributed by atoms with Gasteiger partial charge in [0.05, 0.1) is 11.5 Å². The summed E-state index contributed by atoms with van der Waals surface area (Å²) in [5.41, 5.74) is 0.760. The molecule has 0 aliphatic carbocycles. The van der Waals surface area contributed by atoms with E-state index < -0.39 is 0 Å². The molecule has 1 rings (SSSR count). The van der Waals surface area contributed by atoms with Crippen molar-refractivity contribution in [2.24, 2.45) is 5.41 Å². The van der Waals surface area contributed by atoms with Crippen molar-refractivity contribution >= 4 is 11.6 Å². The SMILES string of the molecule is CCC(C)(C#N)Cc1ccc(Cl)nc1. The molecule has 0 radical (unpaired) electrons. The Morgan fingerprint density at radius 3 is 2.71 bits per heavy atom. The number of hydrogen-bond donors (Lipinski definition) is 0. The molecule has 0 aromatic carbocycles. The van der Waals surface area contributed by atoms with E-state index in [2.05, 4.69) is 11.1 Å². The molecule has 2 nitrogen and oxygen atoms in total. The quantitative estimate of drug-likeness (QED) is 0.716. The van der Waals surface area contributed by atoms with Gasteiger partial charge >= 0.3 is 0 Å². The number of halogens is 1. The van der Waals surface area contributed by atoms with Gasteiger partial charge in [0.2, 0.25) is 0 Å². The lowest BCUT2D eigenvalue weighted by Gasteiger charge is -2.18. The van der Waals surface area contributed by atoms with Crippen molar-refractivity contribution in [2.75, 3.05) is 0 Å². The summed E-state index contributed by atoms with van der Waals surface area (Å²) in [4.78, 5) is 3.99. The topological polar surface area (TPSA) is 36.7 Å². The average molecular weight is 209 g/mol. The fourth-order valence-electron chi connectivity index (χ4n) is 1.21. The number of pyridine rings is 1. The standard InChI is InChI=1S/C11H13ClN2/c1-3-11(2,8-13)6-9-4-5-10(12)14-7-9/h4-5,7H,3,6H2,1-2H3. The molecule has 1 aromatic rings. The van der Waals surface area contributed by atoms with Crippen LogP contribution in [0.25, 0.3) is 0 Å². The fourth-order valence-corrected chi connectivity index (χ4v) is 1.32. The summed E-state index contributed by atoms with van der Waals surface area (Å²) in [6.07, 6.45) is 3.30. The zero-order valence-corrected chi connectivity index (χ0v) is 9.17. The molecule has 0 aliphatic rings. The van der Waals surface area contributed by atoms with Crippen molar-refractivity contribution in [1.82, 2.24) is 4.98 Å². The van der Waals surface area contributed by atoms with Gasteiger partial charge in [-0.15, -0.1) is 0 Å². The largest absolute Gasteiger partial charge is 0.244 e. The third-order valence-electron chi connectivity index (χ3n) is 2.43. The van der Waals surface area contributed by atoms with Gasteiger partial charge in [-0.1, -0.05) is 24.6 Å². The monoisotopic (exact) mass is 208 g/mol. The van der Waals surface area contributed by atoms with Crippen LogP contribution in [0.5, 0.6) is 0 Å². The first-order valence-corrected chi connectivity index (χ1v) is 4.99. The maximum atomic E-state index is 9.00. The Kier molecular flexibility index (Phi) is 3.49. The molecule has 0 saturated carbocycles. The van der Waals surface area contributed by atoms with Crippen molar-refractivity contribution in [3.05, 3.63) is 29.0 Å². The number of nitriles is 1. The minimum atomic E-state index is -0.296. The van der Waals surface area contributed by atoms with Crippen LogP contribution < -0.4 is 0 Å². The Labute approximate surface area is 89.5 Å². The molecule has 3 heteroatoms. The van der Waals surface area contributed by atoms with E-state index >= 15 is 0 Å². The predicted molar refractivity (Wildman–Crippen MR) is 57.0 cm³/mol. The molecule has 0 aliphatic heterocycles. The second-order valence-electron chi connectivity index (χ2n) is 3.69. The molecular formula is C11H13ClN2. The number of rotatable bonds is 3. The van der Waals surface area contributed by atoms with E-state index in [1.54, 1.807) is 12.3 Å². The zero-order chi connectivity index (χ0) is 10.6. The fraction of sp³-hybridized carbons (Fsp3) is 0.455. The van der Waals surface area contributed by atoms with E-state index in [-0.39, 0.29) is 5.41 Å². The van der Waals surface area contributed by atoms with Crippen LogP contribution in [-0.2, 0) is 6.42 Å². The van der Waals surface area contributed by atoms with Gasteiger partial charge in [-0.05, 0) is 31.4 Å². The lowest BCUT2D eigenvalue weighted by Crippen LogP contribution is -2.15. The summed E-state index contributed by atoms with van der Waals surface area (Å²) in [5.74, 6) is 0. The highest BCUT2D eigenvalue weighted by Crippen LogP contribution is 2.25. The summed E-state index contributed by atoms with van der Waals surface area (Å²) < 4.78 is 0. The van der Waals surface area contributed by atoms with Gasteiger partial charge in [0, 0.05) is 6.20 Å². The molecule has 0 bridgehead atoms. The van der Waals surface area contributed by atoms with Crippen molar-refractivity contribution in [3.8, 4) is 6.07 Å². The lowest BCUT2D eigenvalue weighted by atomic mass is 9.83. The molecular weight excluding hydrogens is 196 g/mol. The first kappa shape index (κ1) is 11.0. The first-order valence-electron chi connectivity index (χ1n) is 4.61. The first-order chi connectivity index (χ1) is 6.59. The number of nitrogens with zero attached hydrogens (tertiary/aromatic N) is 2. The van der Waals surface area contributed by atoms with Gasteiger partial charge in [-0.2, -0.15) is 5.26 Å². The normalized spacial score (nSPS) is 14.4. The summed E-state index contributed by atoms with van der Waals surface area (Å²) in [6, 6.07) is 6.00. The van der Waals surface area contributed by atoms with E-state index in [9.17, 15) is 0 Å². The van der Waals surface area contributed by atoms with Gasteiger partial charge in [-0.25, -0.2) is 4.98 Å². The van der Waals surface area contributed by atoms with E-state index in [4.69, 9.17) is 16.9 Å². The summed E-state index contributed by atoms with van der Waals surface area (Å²) in [7, 11) is 0. The molecule has 1 atom stereocenters. The van der Waals surface area contributed by atoms with Crippen LogP contribution >= 0.6 is 11.6 Å². The molecule has 1 unspecified atom stereocenters. The molecule has 0 fully saturated rings. The van der Waals surface area contributed by atoms with E-state index in [1.807, 2.05) is 19.9 Å². The van der Waals surface area contributed by atoms with Gasteiger partial charge in [0.25, 0.3) is 0 Å². The average Bonchev–Trinajstić information content (AvgIpc) is 2.21. The minimum absolute atomic E-state index is 0.296. The van der Waals surface area contributed by atoms with Crippen LogP contribution in [0, 0.1) is 16.7 Å². The van der Waals surface area contributed by atoms with Gasteiger partial charge in [-0.3, -0.25) is 0 Å². The third kappa shape index (κ3) is 2.71. The van der Waals surface area contributed by atoms with Crippen LogP contribution in [-0.4, -0.2) is 4.98 Å². The van der Waals surface area contributed by atoms with Gasteiger partial charge in [0.15, 0.2) is 0 Å². The zero-order valence-electron chi connectivity index (χ0n) is 8.42. The van der Waals surface area contributed by atoms with Crippen LogP contribution in [0.3, 0.4) is 0 Å². The second-order valence-corrected chi connectivity index (χ2v) is 4.08. The highest BCUT2D eigenvalue weighted by atomic mass is 35.5. The summed E-state index contributed by atoms with van der Waals surface area (Å²) in [6.45, 7) is 3.98. The van der Waals surface area contributed by atoms with Crippen LogP contribution in [0.4, 0.5) is 0 Å². The molecule has 1 aromatic heterocycles. The van der Waals surface area contributed by atoms with E-state index in [1.165, 1.54) is 0 Å². The molecule has 0 N–H and O–H groups in total.